The maximum Gasteiger partial charge on any atom is 0.364 e. The van der Waals surface area contributed by atoms with Gasteiger partial charge < -0.3 is 14.0 Å². The summed E-state index contributed by atoms with van der Waals surface area (Å²) in [6.07, 6.45) is 17.5. The highest BCUT2D eigenvalue weighted by atomic mass is 16.7. The minimum absolute atomic E-state index is 0.0494. The average Bonchev–Trinajstić information content (AvgIpc) is 2.85. The van der Waals surface area contributed by atoms with Crippen LogP contribution in [0.4, 0.5) is 0 Å². The lowest BCUT2D eigenvalue weighted by Gasteiger charge is -2.28. The molecule has 0 aliphatic heterocycles. The van der Waals surface area contributed by atoms with Crippen LogP contribution in [0.3, 0.4) is 0 Å². The SMILES string of the molecule is CCCCCCCCCCCCCCc1cccc(OCOC(=O)C[N+](C)(C)Cc2ccccc2)c1. The molecule has 0 radical (unpaired) electrons. The Labute approximate surface area is 220 Å². The van der Waals surface area contributed by atoms with E-state index in [4.69, 9.17) is 9.47 Å². The van der Waals surface area contributed by atoms with Crippen molar-refractivity contribution in [3.63, 3.8) is 0 Å². The van der Waals surface area contributed by atoms with Gasteiger partial charge in [0, 0.05) is 5.56 Å². The minimum Gasteiger partial charge on any atom is -0.457 e. The van der Waals surface area contributed by atoms with Crippen LogP contribution < -0.4 is 4.74 Å². The largest absolute Gasteiger partial charge is 0.457 e. The van der Waals surface area contributed by atoms with Crippen molar-refractivity contribution >= 4 is 5.97 Å². The quantitative estimate of drug-likeness (QED) is 0.0804. The summed E-state index contributed by atoms with van der Waals surface area (Å²) in [5.41, 5.74) is 2.49. The van der Waals surface area contributed by atoms with Gasteiger partial charge in [0.2, 0.25) is 6.79 Å². The number of likely N-dealkylation sites (N-methyl/N-ethyl adjacent to an activating group) is 1. The van der Waals surface area contributed by atoms with E-state index in [1.54, 1.807) is 0 Å². The molecule has 0 heterocycles. The molecule has 0 bridgehead atoms. The maximum atomic E-state index is 12.3. The highest BCUT2D eigenvalue weighted by molar-refractivity contribution is 5.70. The van der Waals surface area contributed by atoms with Crippen molar-refractivity contribution in [3.8, 4) is 5.75 Å². The third kappa shape index (κ3) is 14.3. The number of esters is 1. The lowest BCUT2D eigenvalue weighted by molar-refractivity contribution is -0.896. The summed E-state index contributed by atoms with van der Waals surface area (Å²) in [4.78, 5) is 12.3. The summed E-state index contributed by atoms with van der Waals surface area (Å²) in [6, 6.07) is 18.4. The Morgan fingerprint density at radius 1 is 0.722 bits per heavy atom. The highest BCUT2D eigenvalue weighted by Crippen LogP contribution is 2.17. The predicted molar refractivity (Wildman–Crippen MR) is 150 cm³/mol. The lowest BCUT2D eigenvalue weighted by atomic mass is 10.0. The number of carbonyl (C=O) groups is 1. The van der Waals surface area contributed by atoms with Gasteiger partial charge in [0.15, 0.2) is 6.54 Å². The van der Waals surface area contributed by atoms with E-state index < -0.39 is 0 Å². The van der Waals surface area contributed by atoms with Crippen LogP contribution in [0.1, 0.15) is 95.1 Å². The fourth-order valence-corrected chi connectivity index (χ4v) is 4.65. The molecule has 4 heteroatoms. The highest BCUT2D eigenvalue weighted by Gasteiger charge is 2.21. The van der Waals surface area contributed by atoms with E-state index in [1.807, 2.05) is 44.4 Å². The van der Waals surface area contributed by atoms with Crippen LogP contribution in [-0.2, 0) is 22.5 Å². The molecule has 0 aliphatic rings. The summed E-state index contributed by atoms with van der Waals surface area (Å²) in [6.45, 7) is 3.31. The third-order valence-corrected chi connectivity index (χ3v) is 6.67. The van der Waals surface area contributed by atoms with Crippen molar-refractivity contribution < 1.29 is 18.8 Å². The molecule has 0 N–H and O–H groups in total. The molecular formula is C32H50NO3+. The van der Waals surface area contributed by atoms with Crippen LogP contribution in [0, 0.1) is 0 Å². The number of quaternary nitrogens is 1. The first-order valence-electron chi connectivity index (χ1n) is 14.2. The molecule has 2 aromatic carbocycles. The normalized spacial score (nSPS) is 11.4. The van der Waals surface area contributed by atoms with Crippen molar-refractivity contribution in [2.24, 2.45) is 0 Å². The van der Waals surface area contributed by atoms with Crippen LogP contribution >= 0.6 is 0 Å². The van der Waals surface area contributed by atoms with E-state index in [-0.39, 0.29) is 12.8 Å². The van der Waals surface area contributed by atoms with Crippen molar-refractivity contribution in [2.45, 2.75) is 96.9 Å². The van der Waals surface area contributed by atoms with Gasteiger partial charge in [0.05, 0.1) is 14.1 Å². The number of hydrogen-bond acceptors (Lipinski definition) is 3. The molecule has 2 rings (SSSR count). The van der Waals surface area contributed by atoms with Gasteiger partial charge in [-0.25, -0.2) is 4.79 Å². The summed E-state index contributed by atoms with van der Waals surface area (Å²) < 4.78 is 11.6. The summed E-state index contributed by atoms with van der Waals surface area (Å²) in [7, 11) is 4.07. The van der Waals surface area contributed by atoms with Gasteiger partial charge >= 0.3 is 5.97 Å². The molecule has 0 spiro atoms. The number of aryl methyl sites for hydroxylation is 1. The Morgan fingerprint density at radius 2 is 1.31 bits per heavy atom. The average molecular weight is 497 g/mol. The second kappa shape index (κ2) is 18.0. The van der Waals surface area contributed by atoms with E-state index in [0.717, 1.165) is 18.7 Å². The van der Waals surface area contributed by atoms with Gasteiger partial charge in [-0.3, -0.25) is 0 Å². The van der Waals surface area contributed by atoms with Gasteiger partial charge in [-0.1, -0.05) is 120 Å². The molecule has 36 heavy (non-hydrogen) atoms. The maximum absolute atomic E-state index is 12.3. The molecule has 0 saturated carbocycles. The van der Waals surface area contributed by atoms with Gasteiger partial charge in [0.25, 0.3) is 0 Å². The number of rotatable bonds is 20. The number of carbonyl (C=O) groups excluding carboxylic acids is 1. The molecular weight excluding hydrogens is 446 g/mol. The molecule has 0 aromatic heterocycles. The zero-order chi connectivity index (χ0) is 25.9. The standard InChI is InChI=1S/C32H50NO3/c1-4-5-6-7-8-9-10-11-12-13-14-16-20-29-23-19-24-31(25-29)35-28-36-32(34)27-33(2,3)26-30-21-17-15-18-22-30/h15,17-19,21-25H,4-14,16,20,26-28H2,1-3H3/q+1. The smallest absolute Gasteiger partial charge is 0.364 e. The van der Waals surface area contributed by atoms with Gasteiger partial charge in [-0.2, -0.15) is 0 Å². The Hall–Kier alpha value is -2.33. The second-order valence-corrected chi connectivity index (χ2v) is 10.8. The summed E-state index contributed by atoms with van der Waals surface area (Å²) >= 11 is 0. The number of benzene rings is 2. The van der Waals surface area contributed by atoms with Crippen molar-refractivity contribution in [1.82, 2.24) is 0 Å². The van der Waals surface area contributed by atoms with Crippen LogP contribution in [0.5, 0.6) is 5.75 Å². The molecule has 4 nitrogen and oxygen atoms in total. The lowest BCUT2D eigenvalue weighted by Crippen LogP contribution is -2.43. The molecule has 0 unspecified atom stereocenters. The fourth-order valence-electron chi connectivity index (χ4n) is 4.65. The van der Waals surface area contributed by atoms with E-state index in [0.29, 0.717) is 11.0 Å². The fraction of sp³-hybridized carbons (Fsp3) is 0.594. The van der Waals surface area contributed by atoms with E-state index in [1.165, 1.54) is 88.2 Å². The number of hydrogen-bond donors (Lipinski definition) is 0. The van der Waals surface area contributed by atoms with Crippen molar-refractivity contribution in [1.29, 1.82) is 0 Å². The van der Waals surface area contributed by atoms with Crippen LogP contribution in [0.25, 0.3) is 0 Å². The third-order valence-electron chi connectivity index (χ3n) is 6.67. The minimum atomic E-state index is -0.247. The Balaban J connectivity index is 1.54. The van der Waals surface area contributed by atoms with E-state index in [9.17, 15) is 4.79 Å². The Kier molecular flexibility index (Phi) is 14.9. The monoisotopic (exact) mass is 496 g/mol. The zero-order valence-corrected chi connectivity index (χ0v) is 23.2. The van der Waals surface area contributed by atoms with Crippen molar-refractivity contribution in [3.05, 3.63) is 65.7 Å². The molecule has 0 amide bonds. The van der Waals surface area contributed by atoms with Crippen LogP contribution in [-0.4, -0.2) is 37.9 Å². The first-order chi connectivity index (χ1) is 17.5. The van der Waals surface area contributed by atoms with E-state index >= 15 is 0 Å². The summed E-state index contributed by atoms with van der Waals surface area (Å²) in [5.74, 6) is 0.515. The molecule has 0 fully saturated rings. The van der Waals surface area contributed by atoms with Crippen LogP contribution in [0.2, 0.25) is 0 Å². The molecule has 2 aromatic rings. The molecule has 200 valence electrons. The second-order valence-electron chi connectivity index (χ2n) is 10.8. The molecule has 0 atom stereocenters. The first kappa shape index (κ1) is 29.9. The van der Waals surface area contributed by atoms with Crippen molar-refractivity contribution in [2.75, 3.05) is 27.4 Å². The van der Waals surface area contributed by atoms with Crippen LogP contribution in [0.15, 0.2) is 54.6 Å². The predicted octanol–water partition coefficient (Wildman–Crippen LogP) is 8.09. The molecule has 0 aliphatic carbocycles. The topological polar surface area (TPSA) is 35.5 Å². The van der Waals surface area contributed by atoms with E-state index in [2.05, 4.69) is 31.2 Å². The Morgan fingerprint density at radius 3 is 1.94 bits per heavy atom. The zero-order valence-electron chi connectivity index (χ0n) is 23.2. The van der Waals surface area contributed by atoms with Gasteiger partial charge in [0.1, 0.15) is 12.3 Å². The molecule has 0 saturated heterocycles. The summed E-state index contributed by atoms with van der Waals surface area (Å²) in [5, 5.41) is 0. The first-order valence-corrected chi connectivity index (χ1v) is 14.2. The van der Waals surface area contributed by atoms with Gasteiger partial charge in [-0.15, -0.1) is 0 Å². The number of ether oxygens (including phenoxy) is 2. The number of unbranched alkanes of at least 4 members (excludes halogenated alkanes) is 11. The van der Waals surface area contributed by atoms with Gasteiger partial charge in [-0.05, 0) is 30.5 Å². The Bertz CT molecular complexity index is 834. The number of nitrogens with zero attached hydrogens (tertiary/aromatic N) is 1.